The molecule has 0 saturated heterocycles. The topological polar surface area (TPSA) is 33.1 Å². The van der Waals surface area contributed by atoms with Crippen LogP contribution in [0.4, 0.5) is 0 Å². The van der Waals surface area contributed by atoms with Gasteiger partial charge >= 0.3 is 0 Å². The van der Waals surface area contributed by atoms with Gasteiger partial charge in [-0.25, -0.2) is 4.98 Å². The van der Waals surface area contributed by atoms with Gasteiger partial charge in [-0.2, -0.15) is 0 Å². The van der Waals surface area contributed by atoms with Crippen molar-refractivity contribution in [2.45, 2.75) is 32.3 Å². The highest BCUT2D eigenvalue weighted by molar-refractivity contribution is 7.09. The number of aliphatic hydroxyl groups is 1. The van der Waals surface area contributed by atoms with Crippen LogP contribution in [0.1, 0.15) is 24.8 Å². The maximum atomic E-state index is 9.59. The van der Waals surface area contributed by atoms with Gasteiger partial charge in [0, 0.05) is 18.0 Å². The van der Waals surface area contributed by atoms with E-state index >= 15 is 0 Å². The van der Waals surface area contributed by atoms with Crippen molar-refractivity contribution in [3.8, 4) is 0 Å². The van der Waals surface area contributed by atoms with Crippen LogP contribution in [0.3, 0.4) is 0 Å². The Balaban J connectivity index is 2.04. The third-order valence-corrected chi connectivity index (χ3v) is 3.32. The lowest BCUT2D eigenvalue weighted by Crippen LogP contribution is -2.16. The van der Waals surface area contributed by atoms with E-state index in [-0.39, 0.29) is 6.10 Å². The Bertz CT molecular complexity index is 318. The van der Waals surface area contributed by atoms with E-state index in [1.54, 1.807) is 11.3 Å². The Morgan fingerprint density at radius 3 is 3.14 bits per heavy atom. The number of nitrogens with zero attached hydrogens (tertiary/aromatic N) is 1. The molecule has 1 aliphatic rings. The fourth-order valence-electron chi connectivity index (χ4n) is 2.02. The average molecular weight is 209 g/mol. The Morgan fingerprint density at radius 2 is 2.50 bits per heavy atom. The fraction of sp³-hybridized carbons (Fsp3) is 0.545. The molecule has 2 rings (SSSR count). The highest BCUT2D eigenvalue weighted by atomic mass is 32.1. The SMILES string of the molecule is CC1CC(Cc2nccs2)=CC(O)C1. The van der Waals surface area contributed by atoms with E-state index in [1.165, 1.54) is 5.57 Å². The standard InChI is InChI=1S/C11H15NOS/c1-8-4-9(6-10(13)5-8)7-11-12-2-3-14-11/h2-3,6,8,10,13H,4-5,7H2,1H3. The molecular weight excluding hydrogens is 194 g/mol. The summed E-state index contributed by atoms with van der Waals surface area (Å²) in [6.07, 6.45) is 6.52. The average Bonchev–Trinajstić information content (AvgIpc) is 2.54. The molecule has 2 atom stereocenters. The van der Waals surface area contributed by atoms with Gasteiger partial charge < -0.3 is 5.11 Å². The van der Waals surface area contributed by atoms with Gasteiger partial charge in [-0.05, 0) is 18.8 Å². The summed E-state index contributed by atoms with van der Waals surface area (Å²) in [7, 11) is 0. The van der Waals surface area contributed by atoms with Crippen LogP contribution in [0, 0.1) is 5.92 Å². The van der Waals surface area contributed by atoms with Gasteiger partial charge in [0.25, 0.3) is 0 Å². The number of hydrogen-bond acceptors (Lipinski definition) is 3. The van der Waals surface area contributed by atoms with Crippen LogP contribution < -0.4 is 0 Å². The zero-order valence-corrected chi connectivity index (χ0v) is 9.13. The van der Waals surface area contributed by atoms with E-state index in [0.29, 0.717) is 5.92 Å². The van der Waals surface area contributed by atoms with Crippen LogP contribution in [0.5, 0.6) is 0 Å². The molecule has 1 aromatic rings. The third-order valence-electron chi connectivity index (χ3n) is 2.54. The zero-order valence-electron chi connectivity index (χ0n) is 8.31. The fourth-order valence-corrected chi connectivity index (χ4v) is 2.69. The molecule has 0 fully saturated rings. The predicted octanol–water partition coefficient (Wildman–Crippen LogP) is 2.40. The molecule has 0 aliphatic heterocycles. The Hall–Kier alpha value is -0.670. The molecule has 1 heterocycles. The Kier molecular flexibility index (Phi) is 2.99. The maximum Gasteiger partial charge on any atom is 0.0965 e. The van der Waals surface area contributed by atoms with Gasteiger partial charge in [-0.1, -0.05) is 18.6 Å². The first-order valence-corrected chi connectivity index (χ1v) is 5.88. The van der Waals surface area contributed by atoms with Crippen molar-refractivity contribution >= 4 is 11.3 Å². The number of allylic oxidation sites excluding steroid dienone is 1. The molecule has 76 valence electrons. The largest absolute Gasteiger partial charge is 0.389 e. The minimum Gasteiger partial charge on any atom is -0.389 e. The van der Waals surface area contributed by atoms with Crippen molar-refractivity contribution in [3.63, 3.8) is 0 Å². The van der Waals surface area contributed by atoms with Crippen molar-refractivity contribution in [2.75, 3.05) is 0 Å². The lowest BCUT2D eigenvalue weighted by Gasteiger charge is -2.22. The van der Waals surface area contributed by atoms with E-state index in [4.69, 9.17) is 0 Å². The number of thiazole rings is 1. The van der Waals surface area contributed by atoms with Crippen LogP contribution >= 0.6 is 11.3 Å². The second-order valence-corrected chi connectivity index (χ2v) is 5.02. The summed E-state index contributed by atoms with van der Waals surface area (Å²) in [6.45, 7) is 2.19. The molecule has 1 aliphatic carbocycles. The summed E-state index contributed by atoms with van der Waals surface area (Å²) < 4.78 is 0. The van der Waals surface area contributed by atoms with Crippen molar-refractivity contribution in [3.05, 3.63) is 28.2 Å². The summed E-state index contributed by atoms with van der Waals surface area (Å²) in [5.41, 5.74) is 1.34. The molecule has 0 spiro atoms. The summed E-state index contributed by atoms with van der Waals surface area (Å²) in [6, 6.07) is 0. The molecule has 0 bridgehead atoms. The van der Waals surface area contributed by atoms with E-state index in [9.17, 15) is 5.11 Å². The molecule has 3 heteroatoms. The summed E-state index contributed by atoms with van der Waals surface area (Å²) in [5, 5.41) is 12.7. The molecule has 2 unspecified atom stereocenters. The van der Waals surface area contributed by atoms with E-state index in [2.05, 4.69) is 11.9 Å². The van der Waals surface area contributed by atoms with Gasteiger partial charge in [0.2, 0.25) is 0 Å². The smallest absolute Gasteiger partial charge is 0.0965 e. The molecule has 0 aromatic carbocycles. The first-order chi connectivity index (χ1) is 6.74. The molecule has 1 N–H and O–H groups in total. The third kappa shape index (κ3) is 2.42. The van der Waals surface area contributed by atoms with Crippen LogP contribution in [0.2, 0.25) is 0 Å². The van der Waals surface area contributed by atoms with Crippen LogP contribution in [0.25, 0.3) is 0 Å². The number of aromatic nitrogens is 1. The first-order valence-electron chi connectivity index (χ1n) is 5.00. The molecule has 0 amide bonds. The van der Waals surface area contributed by atoms with Gasteiger partial charge in [-0.3, -0.25) is 0 Å². The van der Waals surface area contributed by atoms with Crippen LogP contribution in [0.15, 0.2) is 23.2 Å². The normalized spacial score (nSPS) is 27.4. The Morgan fingerprint density at radius 1 is 1.64 bits per heavy atom. The van der Waals surface area contributed by atoms with E-state index in [0.717, 1.165) is 24.3 Å². The summed E-state index contributed by atoms with van der Waals surface area (Å²) >= 11 is 1.69. The van der Waals surface area contributed by atoms with Crippen molar-refractivity contribution in [1.82, 2.24) is 4.98 Å². The van der Waals surface area contributed by atoms with Crippen molar-refractivity contribution < 1.29 is 5.11 Å². The number of aliphatic hydroxyl groups excluding tert-OH is 1. The Labute approximate surface area is 88.3 Å². The highest BCUT2D eigenvalue weighted by Gasteiger charge is 2.17. The van der Waals surface area contributed by atoms with Crippen LogP contribution in [-0.4, -0.2) is 16.2 Å². The monoisotopic (exact) mass is 209 g/mol. The summed E-state index contributed by atoms with van der Waals surface area (Å²) in [4.78, 5) is 4.26. The zero-order chi connectivity index (χ0) is 9.97. The molecule has 2 nitrogen and oxygen atoms in total. The number of rotatable bonds is 2. The van der Waals surface area contributed by atoms with Gasteiger partial charge in [0.1, 0.15) is 0 Å². The molecule has 0 radical (unpaired) electrons. The lowest BCUT2D eigenvalue weighted by atomic mass is 9.87. The summed E-state index contributed by atoms with van der Waals surface area (Å²) in [5.74, 6) is 0.602. The predicted molar refractivity (Wildman–Crippen MR) is 58.3 cm³/mol. The van der Waals surface area contributed by atoms with Gasteiger partial charge in [0.05, 0.1) is 11.1 Å². The first kappa shape index (κ1) is 9.87. The number of hydrogen-bond donors (Lipinski definition) is 1. The van der Waals surface area contributed by atoms with E-state index in [1.807, 2.05) is 17.7 Å². The lowest BCUT2D eigenvalue weighted by molar-refractivity contribution is 0.180. The minimum atomic E-state index is -0.242. The van der Waals surface area contributed by atoms with Crippen LogP contribution in [-0.2, 0) is 6.42 Å². The quantitative estimate of drug-likeness (QED) is 0.759. The van der Waals surface area contributed by atoms with Crippen molar-refractivity contribution in [1.29, 1.82) is 0 Å². The van der Waals surface area contributed by atoms with Gasteiger partial charge in [-0.15, -0.1) is 11.3 Å². The molecule has 0 saturated carbocycles. The molecule has 1 aromatic heterocycles. The molecular formula is C11H15NOS. The van der Waals surface area contributed by atoms with Gasteiger partial charge in [0.15, 0.2) is 0 Å². The van der Waals surface area contributed by atoms with E-state index < -0.39 is 0 Å². The second kappa shape index (κ2) is 4.24. The highest BCUT2D eigenvalue weighted by Crippen LogP contribution is 2.26. The second-order valence-electron chi connectivity index (χ2n) is 4.04. The molecule has 14 heavy (non-hydrogen) atoms. The maximum absolute atomic E-state index is 9.59. The minimum absolute atomic E-state index is 0.242. The van der Waals surface area contributed by atoms with Crippen molar-refractivity contribution in [2.24, 2.45) is 5.92 Å².